The van der Waals surface area contributed by atoms with Gasteiger partial charge >= 0.3 is 0 Å². The zero-order chi connectivity index (χ0) is 10.7. The van der Waals surface area contributed by atoms with Crippen LogP contribution in [0.3, 0.4) is 0 Å². The number of hydrogen-bond acceptors (Lipinski definition) is 3. The molecule has 1 fully saturated rings. The molecule has 17 heavy (non-hydrogen) atoms. The number of nitrogens with zero attached hydrogens (tertiary/aromatic N) is 2. The third-order valence-corrected chi connectivity index (χ3v) is 3.29. The lowest BCUT2D eigenvalue weighted by Gasteiger charge is -2.16. The van der Waals surface area contributed by atoms with Gasteiger partial charge in [-0.2, -0.15) is 0 Å². The van der Waals surface area contributed by atoms with E-state index >= 15 is 0 Å². The van der Waals surface area contributed by atoms with Gasteiger partial charge in [0.2, 0.25) is 0 Å². The van der Waals surface area contributed by atoms with Gasteiger partial charge in [0.05, 0.1) is 5.02 Å². The molecule has 1 atom stereocenters. The summed E-state index contributed by atoms with van der Waals surface area (Å²) >= 11 is 6.06. The highest BCUT2D eigenvalue weighted by Gasteiger charge is 2.21. The van der Waals surface area contributed by atoms with Crippen LogP contribution in [0.25, 0.3) is 0 Å². The molecular weight excluding hydrogens is 281 g/mol. The monoisotopic (exact) mass is 297 g/mol. The average Bonchev–Trinajstić information content (AvgIpc) is 2.69. The first-order valence-corrected chi connectivity index (χ1v) is 5.68. The molecule has 0 aromatic carbocycles. The Morgan fingerprint density at radius 2 is 2.24 bits per heavy atom. The Bertz CT molecular complexity index is 335. The summed E-state index contributed by atoms with van der Waals surface area (Å²) in [5.41, 5.74) is 6.81. The largest absolute Gasteiger partial charge is 0.330 e. The second-order valence-electron chi connectivity index (χ2n) is 4.09. The summed E-state index contributed by atoms with van der Waals surface area (Å²) in [6, 6.07) is 1.98. The molecule has 0 bridgehead atoms. The predicted octanol–water partition coefficient (Wildman–Crippen LogP) is 2.36. The highest BCUT2D eigenvalue weighted by atomic mass is 35.5. The van der Waals surface area contributed by atoms with Crippen LogP contribution in [-0.2, 0) is 6.54 Å². The lowest BCUT2D eigenvalue weighted by atomic mass is 10.1. The summed E-state index contributed by atoms with van der Waals surface area (Å²) in [5, 5.41) is 0.758. The molecule has 1 aliphatic rings. The minimum atomic E-state index is 0. The quantitative estimate of drug-likeness (QED) is 0.931. The molecule has 6 heteroatoms. The van der Waals surface area contributed by atoms with Crippen molar-refractivity contribution in [2.24, 2.45) is 11.7 Å². The van der Waals surface area contributed by atoms with Crippen LogP contribution < -0.4 is 5.73 Å². The maximum absolute atomic E-state index is 6.06. The minimum absolute atomic E-state index is 0. The summed E-state index contributed by atoms with van der Waals surface area (Å²) in [5.74, 6) is 0.658. The van der Waals surface area contributed by atoms with Gasteiger partial charge in [-0.1, -0.05) is 11.6 Å². The second-order valence-corrected chi connectivity index (χ2v) is 4.50. The normalized spacial score (nSPS) is 19.5. The van der Waals surface area contributed by atoms with Crippen molar-refractivity contribution >= 4 is 36.4 Å². The predicted molar refractivity (Wildman–Crippen MR) is 76.2 cm³/mol. The molecule has 0 aliphatic carbocycles. The van der Waals surface area contributed by atoms with E-state index in [2.05, 4.69) is 9.88 Å². The van der Waals surface area contributed by atoms with Gasteiger partial charge in [0.1, 0.15) is 0 Å². The lowest BCUT2D eigenvalue weighted by Crippen LogP contribution is -2.22. The molecule has 2 heterocycles. The van der Waals surface area contributed by atoms with Crippen LogP contribution in [0.4, 0.5) is 0 Å². The van der Waals surface area contributed by atoms with E-state index < -0.39 is 0 Å². The molecule has 2 rings (SSSR count). The zero-order valence-corrected chi connectivity index (χ0v) is 11.9. The van der Waals surface area contributed by atoms with Crippen LogP contribution in [0.1, 0.15) is 12.0 Å². The van der Waals surface area contributed by atoms with Gasteiger partial charge in [0.15, 0.2) is 0 Å². The van der Waals surface area contributed by atoms with E-state index in [4.69, 9.17) is 17.3 Å². The van der Waals surface area contributed by atoms with E-state index in [0.29, 0.717) is 5.92 Å². The molecule has 2 N–H and O–H groups in total. The highest BCUT2D eigenvalue weighted by Crippen LogP contribution is 2.21. The minimum Gasteiger partial charge on any atom is -0.330 e. The van der Waals surface area contributed by atoms with Gasteiger partial charge in [-0.3, -0.25) is 9.88 Å². The van der Waals surface area contributed by atoms with Gasteiger partial charge in [-0.05, 0) is 37.1 Å². The van der Waals surface area contributed by atoms with E-state index in [1.165, 1.54) is 6.42 Å². The Morgan fingerprint density at radius 3 is 2.82 bits per heavy atom. The second kappa shape index (κ2) is 8.11. The van der Waals surface area contributed by atoms with Gasteiger partial charge < -0.3 is 5.73 Å². The molecular formula is C11H18Cl3N3. The van der Waals surface area contributed by atoms with Crippen molar-refractivity contribution in [1.29, 1.82) is 0 Å². The Morgan fingerprint density at radius 1 is 1.47 bits per heavy atom. The Hall–Kier alpha value is -0.0600. The fourth-order valence-electron chi connectivity index (χ4n) is 2.02. The zero-order valence-electron chi connectivity index (χ0n) is 9.51. The molecule has 1 aromatic heterocycles. The first kappa shape index (κ1) is 16.9. The number of pyridine rings is 1. The number of likely N-dealkylation sites (tertiary alicyclic amines) is 1. The van der Waals surface area contributed by atoms with Gasteiger partial charge in [0, 0.05) is 25.5 Å². The third-order valence-electron chi connectivity index (χ3n) is 2.95. The molecule has 1 saturated heterocycles. The average molecular weight is 299 g/mol. The Kier molecular flexibility index (Phi) is 8.09. The molecule has 0 saturated carbocycles. The van der Waals surface area contributed by atoms with Crippen molar-refractivity contribution in [3.05, 3.63) is 29.0 Å². The number of aromatic nitrogens is 1. The number of rotatable bonds is 3. The molecule has 3 nitrogen and oxygen atoms in total. The van der Waals surface area contributed by atoms with Gasteiger partial charge in [0.25, 0.3) is 0 Å². The fraction of sp³-hybridized carbons (Fsp3) is 0.545. The van der Waals surface area contributed by atoms with E-state index in [9.17, 15) is 0 Å². The first-order valence-electron chi connectivity index (χ1n) is 5.30. The number of hydrogen-bond donors (Lipinski definition) is 1. The number of halogens is 3. The molecule has 1 aromatic rings. The third kappa shape index (κ3) is 4.60. The summed E-state index contributed by atoms with van der Waals surface area (Å²) in [7, 11) is 0. The van der Waals surface area contributed by atoms with Crippen molar-refractivity contribution < 1.29 is 0 Å². The lowest BCUT2D eigenvalue weighted by molar-refractivity contribution is 0.318. The summed E-state index contributed by atoms with van der Waals surface area (Å²) < 4.78 is 0. The molecule has 1 aliphatic heterocycles. The fourth-order valence-corrected chi connectivity index (χ4v) is 2.20. The van der Waals surface area contributed by atoms with Crippen LogP contribution in [0.2, 0.25) is 5.02 Å². The maximum Gasteiger partial charge on any atom is 0.0634 e. The molecule has 0 amide bonds. The van der Waals surface area contributed by atoms with E-state index in [-0.39, 0.29) is 24.8 Å². The van der Waals surface area contributed by atoms with E-state index in [1.54, 1.807) is 12.4 Å². The maximum atomic E-state index is 6.06. The molecule has 0 spiro atoms. The summed E-state index contributed by atoms with van der Waals surface area (Å²) in [4.78, 5) is 6.38. The SMILES string of the molecule is Cl.Cl.NCC1CCN(Cc2ccncc2Cl)C1. The standard InChI is InChI=1S/C11H16ClN3.2ClH/c12-11-6-14-3-1-10(11)8-15-4-2-9(5-13)7-15;;/h1,3,6,9H,2,4-5,7-8,13H2;2*1H. The summed E-state index contributed by atoms with van der Waals surface area (Å²) in [6.07, 6.45) is 4.70. The van der Waals surface area contributed by atoms with Gasteiger partial charge in [-0.15, -0.1) is 24.8 Å². The van der Waals surface area contributed by atoms with Crippen molar-refractivity contribution in [3.8, 4) is 0 Å². The van der Waals surface area contributed by atoms with Crippen molar-refractivity contribution in [3.63, 3.8) is 0 Å². The van der Waals surface area contributed by atoms with Crippen LogP contribution in [0.15, 0.2) is 18.5 Å². The summed E-state index contributed by atoms with van der Waals surface area (Å²) in [6.45, 7) is 3.92. The van der Waals surface area contributed by atoms with E-state index in [1.807, 2.05) is 6.07 Å². The first-order chi connectivity index (χ1) is 7.29. The van der Waals surface area contributed by atoms with Crippen molar-refractivity contribution in [2.75, 3.05) is 19.6 Å². The topological polar surface area (TPSA) is 42.1 Å². The van der Waals surface area contributed by atoms with Crippen LogP contribution in [-0.4, -0.2) is 29.5 Å². The highest BCUT2D eigenvalue weighted by molar-refractivity contribution is 6.31. The van der Waals surface area contributed by atoms with Crippen LogP contribution in [0, 0.1) is 5.92 Å². The Balaban J connectivity index is 0.00000128. The molecule has 98 valence electrons. The number of nitrogens with two attached hydrogens (primary N) is 1. The van der Waals surface area contributed by atoms with Crippen LogP contribution in [0.5, 0.6) is 0 Å². The Labute approximate surface area is 120 Å². The van der Waals surface area contributed by atoms with Crippen molar-refractivity contribution in [1.82, 2.24) is 9.88 Å². The van der Waals surface area contributed by atoms with Crippen LogP contribution >= 0.6 is 36.4 Å². The van der Waals surface area contributed by atoms with E-state index in [0.717, 1.165) is 36.8 Å². The molecule has 1 unspecified atom stereocenters. The van der Waals surface area contributed by atoms with Crippen molar-refractivity contribution in [2.45, 2.75) is 13.0 Å². The van der Waals surface area contributed by atoms with Gasteiger partial charge in [-0.25, -0.2) is 0 Å². The smallest absolute Gasteiger partial charge is 0.0634 e. The molecule has 0 radical (unpaired) electrons.